The highest BCUT2D eigenvalue weighted by molar-refractivity contribution is 7.89. The van der Waals surface area contributed by atoms with E-state index in [1.165, 1.54) is 24.3 Å². The van der Waals surface area contributed by atoms with Gasteiger partial charge in [0.2, 0.25) is 15.9 Å². The van der Waals surface area contributed by atoms with Crippen LogP contribution in [0.4, 0.5) is 18.4 Å². The molecule has 18 nitrogen and oxygen atoms in total. The van der Waals surface area contributed by atoms with Crippen LogP contribution in [0, 0.1) is 11.6 Å². The van der Waals surface area contributed by atoms with Crippen LogP contribution in [0.2, 0.25) is 5.02 Å². The number of carboxylic acids is 1. The maximum Gasteiger partial charge on any atom is 0.547 e. The lowest BCUT2D eigenvalue weighted by Crippen LogP contribution is -2.56. The molecule has 0 aromatic heterocycles. The van der Waals surface area contributed by atoms with Gasteiger partial charge in [-0.3, -0.25) is 9.59 Å². The minimum Gasteiger partial charge on any atom is -0.534 e. The van der Waals surface area contributed by atoms with Gasteiger partial charge in [-0.05, 0) is 48.4 Å². The Balaban J connectivity index is 1.33. The molecule has 280 valence electrons. The fourth-order valence-electron chi connectivity index (χ4n) is 5.43. The van der Waals surface area contributed by atoms with Crippen molar-refractivity contribution in [2.24, 2.45) is 0 Å². The van der Waals surface area contributed by atoms with E-state index in [4.69, 9.17) is 16.3 Å². The minimum absolute atomic E-state index is 0.0372. The van der Waals surface area contributed by atoms with Gasteiger partial charge < -0.3 is 46.1 Å². The van der Waals surface area contributed by atoms with E-state index in [9.17, 15) is 66.6 Å². The molecule has 1 saturated heterocycles. The molecule has 23 heteroatoms. The maximum absolute atomic E-state index is 14.6. The number of halogens is 3. The molecule has 1 fully saturated rings. The second kappa shape index (κ2) is 15.0. The standard InChI is InChI=1S/C30H27BClF2N5O13S/c32-21-16(12-18(34)23(41)24(21)42)22(27(44)36-19-11-14-3-6-17(33)20(28(45)46)25(14)52-31(19)49)37-29(47)38-8-9-39(30(38)48)53(50,51)10-7-35-26(43)13-1-4-15(40)5-2-13/h1-6,12,19,22,40-42,49H,7-11H2,(H,35,43)(H,36,44)(H,37,47)(H,45,46)/t19-,22-/m0/s1. The first-order valence-electron chi connectivity index (χ1n) is 15.2. The van der Waals surface area contributed by atoms with Crippen LogP contribution >= 0.6 is 11.6 Å². The van der Waals surface area contributed by atoms with Crippen LogP contribution in [0.25, 0.3) is 0 Å². The Bertz CT molecular complexity index is 2130. The molecular formula is C30H27BClF2N5O13S. The summed E-state index contributed by atoms with van der Waals surface area (Å²) in [4.78, 5) is 64.5. The average Bonchev–Trinajstić information content (AvgIpc) is 3.50. The highest BCUT2D eigenvalue weighted by atomic mass is 35.5. The van der Waals surface area contributed by atoms with Gasteiger partial charge in [-0.2, -0.15) is 0 Å². The minimum atomic E-state index is -4.45. The van der Waals surface area contributed by atoms with Crippen LogP contribution in [0.3, 0.4) is 0 Å². The Kier molecular flexibility index (Phi) is 10.9. The number of aromatic carboxylic acids is 1. The van der Waals surface area contributed by atoms with Crippen molar-refractivity contribution in [1.29, 1.82) is 0 Å². The molecule has 0 unspecified atom stereocenters. The monoisotopic (exact) mass is 781 g/mol. The summed E-state index contributed by atoms with van der Waals surface area (Å²) in [5.41, 5.74) is -1.41. The van der Waals surface area contributed by atoms with Gasteiger partial charge in [-0.1, -0.05) is 17.7 Å². The number of phenols is 3. The molecule has 8 N–H and O–H groups in total. The second-order valence-corrected chi connectivity index (χ2v) is 13.9. The predicted molar refractivity (Wildman–Crippen MR) is 177 cm³/mol. The Labute approximate surface area is 302 Å². The van der Waals surface area contributed by atoms with Crippen LogP contribution in [0.5, 0.6) is 23.0 Å². The molecule has 3 aromatic rings. The molecule has 0 saturated carbocycles. The lowest BCUT2D eigenvalue weighted by atomic mass is 9.72. The number of rotatable bonds is 10. The Hall–Kier alpha value is -5.87. The number of nitrogens with one attached hydrogen (secondary N) is 3. The summed E-state index contributed by atoms with van der Waals surface area (Å²) < 4.78 is 60.3. The molecule has 0 aliphatic carbocycles. The zero-order chi connectivity index (χ0) is 38.9. The molecule has 2 aliphatic heterocycles. The van der Waals surface area contributed by atoms with Gasteiger partial charge in [0.05, 0.1) is 29.8 Å². The van der Waals surface area contributed by atoms with E-state index < -0.39 is 129 Å². The molecule has 0 spiro atoms. The third kappa shape index (κ3) is 7.83. The number of imide groups is 1. The topological polar surface area (TPSA) is 272 Å². The van der Waals surface area contributed by atoms with Crippen molar-refractivity contribution in [1.82, 2.24) is 25.2 Å². The third-order valence-electron chi connectivity index (χ3n) is 8.11. The number of aromatic hydroxyl groups is 3. The zero-order valence-electron chi connectivity index (χ0n) is 26.7. The number of nitrogens with zero attached hydrogens (tertiary/aromatic N) is 2. The summed E-state index contributed by atoms with van der Waals surface area (Å²) in [5.74, 6) is -11.7. The van der Waals surface area contributed by atoms with Gasteiger partial charge >= 0.3 is 25.1 Å². The molecule has 3 aromatic carbocycles. The Morgan fingerprint density at radius 1 is 1.02 bits per heavy atom. The number of fused-ring (bicyclic) bond motifs is 1. The number of carbonyl (C=O) groups excluding carboxylic acids is 4. The Morgan fingerprint density at radius 3 is 2.36 bits per heavy atom. The fraction of sp³-hybridized carbons (Fsp3) is 0.233. The average molecular weight is 782 g/mol. The summed E-state index contributed by atoms with van der Waals surface area (Å²) in [7, 11) is -6.45. The van der Waals surface area contributed by atoms with E-state index in [1.54, 1.807) is 0 Å². The first kappa shape index (κ1) is 38.4. The largest absolute Gasteiger partial charge is 0.547 e. The highest BCUT2D eigenvalue weighted by Crippen LogP contribution is 2.41. The van der Waals surface area contributed by atoms with Gasteiger partial charge in [-0.15, -0.1) is 0 Å². The first-order valence-corrected chi connectivity index (χ1v) is 17.2. The van der Waals surface area contributed by atoms with Crippen LogP contribution in [0.1, 0.15) is 37.9 Å². The fourth-order valence-corrected chi connectivity index (χ4v) is 6.96. The number of sulfonamides is 1. The Morgan fingerprint density at radius 2 is 1.70 bits per heavy atom. The highest BCUT2D eigenvalue weighted by Gasteiger charge is 2.43. The SMILES string of the molecule is O=C(NCCS(=O)(=O)N1CCN(C(=O)N[C@H](C(=O)N[C@H]2Cc3ccc(F)c(C(=O)O)c3OB2O)c2cc(F)c(O)c(O)c2Cl)C1=O)c1ccc(O)cc1. The van der Waals surface area contributed by atoms with Crippen molar-refractivity contribution in [2.75, 3.05) is 25.4 Å². The van der Waals surface area contributed by atoms with Gasteiger partial charge in [0.1, 0.15) is 28.9 Å². The summed E-state index contributed by atoms with van der Waals surface area (Å²) in [6.07, 6.45) is -0.362. The van der Waals surface area contributed by atoms with Crippen molar-refractivity contribution in [3.63, 3.8) is 0 Å². The molecule has 2 heterocycles. The van der Waals surface area contributed by atoms with E-state index in [-0.39, 0.29) is 23.3 Å². The van der Waals surface area contributed by atoms with Crippen molar-refractivity contribution < 1.29 is 71.3 Å². The molecule has 6 amide bonds. The molecular weight excluding hydrogens is 755 g/mol. The summed E-state index contributed by atoms with van der Waals surface area (Å²) in [6.45, 7) is -1.55. The maximum atomic E-state index is 14.6. The molecule has 2 atom stereocenters. The van der Waals surface area contributed by atoms with E-state index >= 15 is 0 Å². The van der Waals surface area contributed by atoms with Gasteiger partial charge in [0, 0.05) is 17.7 Å². The van der Waals surface area contributed by atoms with Gasteiger partial charge in [0.25, 0.3) is 5.91 Å². The number of phenolic OH excluding ortho intramolecular Hbond substituents is 3. The lowest BCUT2D eigenvalue weighted by molar-refractivity contribution is -0.123. The number of amides is 6. The number of urea groups is 2. The number of carboxylic acid groups (broad SMARTS) is 1. The van der Waals surface area contributed by atoms with E-state index in [0.717, 1.165) is 12.1 Å². The van der Waals surface area contributed by atoms with Gasteiger partial charge in [-0.25, -0.2) is 40.8 Å². The van der Waals surface area contributed by atoms with Crippen molar-refractivity contribution in [3.05, 3.63) is 81.4 Å². The summed E-state index contributed by atoms with van der Waals surface area (Å²) in [5, 5.41) is 55.2. The van der Waals surface area contributed by atoms with Crippen LogP contribution < -0.4 is 20.6 Å². The summed E-state index contributed by atoms with van der Waals surface area (Å²) >= 11 is 6.10. The number of hydrogen-bond donors (Lipinski definition) is 8. The van der Waals surface area contributed by atoms with E-state index in [2.05, 4.69) is 16.0 Å². The smallest absolute Gasteiger partial charge is 0.534 e. The van der Waals surface area contributed by atoms with E-state index in [1.807, 2.05) is 0 Å². The van der Waals surface area contributed by atoms with Crippen LogP contribution in [-0.4, -0.2) is 111 Å². The lowest BCUT2D eigenvalue weighted by Gasteiger charge is -2.31. The van der Waals surface area contributed by atoms with Crippen LogP contribution in [-0.2, 0) is 21.2 Å². The van der Waals surface area contributed by atoms with Crippen LogP contribution in [0.15, 0.2) is 42.5 Å². The predicted octanol–water partition coefficient (Wildman–Crippen LogP) is 0.821. The van der Waals surface area contributed by atoms with Gasteiger partial charge in [0.15, 0.2) is 17.3 Å². The quantitative estimate of drug-likeness (QED) is 0.105. The number of benzene rings is 3. The van der Waals surface area contributed by atoms with E-state index in [0.29, 0.717) is 15.3 Å². The summed E-state index contributed by atoms with van der Waals surface area (Å²) in [6, 6.07) is 2.58. The second-order valence-electron chi connectivity index (χ2n) is 11.5. The number of carbonyl (C=O) groups is 5. The normalized spacial score (nSPS) is 16.0. The molecule has 53 heavy (non-hydrogen) atoms. The third-order valence-corrected chi connectivity index (χ3v) is 10.2. The van der Waals surface area contributed by atoms with Crippen molar-refractivity contribution in [2.45, 2.75) is 18.4 Å². The molecule has 0 bridgehead atoms. The molecule has 5 rings (SSSR count). The van der Waals surface area contributed by atoms with Crippen molar-refractivity contribution in [3.8, 4) is 23.0 Å². The first-order chi connectivity index (χ1) is 24.9. The number of hydrogen-bond acceptors (Lipinski definition) is 12. The zero-order valence-corrected chi connectivity index (χ0v) is 28.3. The van der Waals surface area contributed by atoms with Crippen molar-refractivity contribution >= 4 is 58.6 Å². The molecule has 2 aliphatic rings. The molecule has 0 radical (unpaired) electrons.